The zero-order chi connectivity index (χ0) is 20.2. The topological polar surface area (TPSA) is 78.9 Å². The van der Waals surface area contributed by atoms with Gasteiger partial charge in [0, 0.05) is 18.6 Å². The first kappa shape index (κ1) is 19.5. The van der Waals surface area contributed by atoms with Crippen LogP contribution >= 0.6 is 0 Å². The normalized spacial score (nSPS) is 20.7. The van der Waals surface area contributed by atoms with Gasteiger partial charge in [-0.05, 0) is 55.9 Å². The summed E-state index contributed by atoms with van der Waals surface area (Å²) in [6.07, 6.45) is 3.96. The third-order valence-electron chi connectivity index (χ3n) is 5.60. The zero-order valence-electron chi connectivity index (χ0n) is 16.3. The number of nitrogens with one attached hydrogen (secondary N) is 1. The van der Waals surface area contributed by atoms with E-state index in [-0.39, 0.29) is 24.5 Å². The molecule has 2 N–H and O–H groups in total. The first-order chi connectivity index (χ1) is 14.1. The lowest BCUT2D eigenvalue weighted by Gasteiger charge is -2.42. The molecule has 2 fully saturated rings. The van der Waals surface area contributed by atoms with Gasteiger partial charge >= 0.3 is 5.97 Å². The van der Waals surface area contributed by atoms with Gasteiger partial charge in [-0.25, -0.2) is 0 Å². The number of hydrogen-bond acceptors (Lipinski definition) is 4. The molecule has 2 aliphatic carbocycles. The number of carboxylic acids is 1. The fourth-order valence-corrected chi connectivity index (χ4v) is 3.77. The van der Waals surface area contributed by atoms with Gasteiger partial charge in [-0.3, -0.25) is 14.5 Å². The van der Waals surface area contributed by atoms with Gasteiger partial charge in [0.05, 0.1) is 12.1 Å². The Balaban J connectivity index is 1.34. The predicted molar refractivity (Wildman–Crippen MR) is 109 cm³/mol. The van der Waals surface area contributed by atoms with Crippen LogP contribution in [-0.4, -0.2) is 47.1 Å². The van der Waals surface area contributed by atoms with E-state index in [9.17, 15) is 14.7 Å². The summed E-state index contributed by atoms with van der Waals surface area (Å²) in [5.74, 6) is 0.899. The maximum Gasteiger partial charge on any atom is 0.317 e. The van der Waals surface area contributed by atoms with Crippen molar-refractivity contribution in [3.8, 4) is 11.5 Å². The molecular weight excluding hydrogens is 368 g/mol. The van der Waals surface area contributed by atoms with E-state index in [4.69, 9.17) is 4.74 Å². The fraction of sp³-hybridized carbons (Fsp3) is 0.391. The number of ether oxygens (including phenoxy) is 1. The van der Waals surface area contributed by atoms with Crippen molar-refractivity contribution in [2.24, 2.45) is 5.92 Å². The number of rotatable bonds is 9. The minimum Gasteiger partial charge on any atom is -0.480 e. The molecular formula is C23H26N2O4. The van der Waals surface area contributed by atoms with Crippen molar-refractivity contribution in [1.82, 2.24) is 10.2 Å². The van der Waals surface area contributed by atoms with Gasteiger partial charge in [0.25, 0.3) is 5.91 Å². The molecule has 0 aromatic heterocycles. The van der Waals surface area contributed by atoms with E-state index >= 15 is 0 Å². The number of nitrogens with zero attached hydrogens (tertiary/aromatic N) is 1. The Morgan fingerprint density at radius 1 is 1.03 bits per heavy atom. The second kappa shape index (κ2) is 8.66. The smallest absolute Gasteiger partial charge is 0.317 e. The summed E-state index contributed by atoms with van der Waals surface area (Å²) in [6, 6.07) is 16.9. The molecule has 2 saturated carbocycles. The SMILES string of the molecule is O=C(O)CN(CC1CC1)C1CC(NC(=O)c2ccccc2Oc2ccccc2)C1. The van der Waals surface area contributed by atoms with Crippen molar-refractivity contribution < 1.29 is 19.4 Å². The summed E-state index contributed by atoms with van der Waals surface area (Å²) in [5.41, 5.74) is 0.500. The molecule has 0 unspecified atom stereocenters. The predicted octanol–water partition coefficient (Wildman–Crippen LogP) is 3.54. The van der Waals surface area contributed by atoms with E-state index in [1.165, 1.54) is 12.8 Å². The highest BCUT2D eigenvalue weighted by atomic mass is 16.5. The van der Waals surface area contributed by atoms with Crippen LogP contribution in [-0.2, 0) is 4.79 Å². The summed E-state index contributed by atoms with van der Waals surface area (Å²) >= 11 is 0. The average molecular weight is 394 g/mol. The van der Waals surface area contributed by atoms with Crippen LogP contribution in [0.25, 0.3) is 0 Å². The lowest BCUT2D eigenvalue weighted by atomic mass is 9.85. The highest BCUT2D eigenvalue weighted by Gasteiger charge is 2.38. The molecule has 0 bridgehead atoms. The van der Waals surface area contributed by atoms with Crippen LogP contribution < -0.4 is 10.1 Å². The van der Waals surface area contributed by atoms with Gasteiger partial charge < -0.3 is 15.2 Å². The van der Waals surface area contributed by atoms with E-state index in [0.717, 1.165) is 19.4 Å². The molecule has 2 aromatic carbocycles. The molecule has 152 valence electrons. The van der Waals surface area contributed by atoms with Crippen LogP contribution in [0.2, 0.25) is 0 Å². The number of aliphatic carboxylic acids is 1. The number of amides is 1. The van der Waals surface area contributed by atoms with Gasteiger partial charge in [0.15, 0.2) is 0 Å². The molecule has 0 atom stereocenters. The van der Waals surface area contributed by atoms with Gasteiger partial charge in [-0.1, -0.05) is 30.3 Å². The number of hydrogen-bond donors (Lipinski definition) is 2. The summed E-state index contributed by atoms with van der Waals surface area (Å²) in [4.78, 5) is 26.0. The molecule has 0 aliphatic heterocycles. The van der Waals surface area contributed by atoms with Gasteiger partial charge in [-0.2, -0.15) is 0 Å². The van der Waals surface area contributed by atoms with Crippen molar-refractivity contribution in [1.29, 1.82) is 0 Å². The molecule has 6 heteroatoms. The van der Waals surface area contributed by atoms with Crippen LogP contribution in [0.5, 0.6) is 11.5 Å². The second-order valence-corrected chi connectivity index (χ2v) is 7.97. The molecule has 29 heavy (non-hydrogen) atoms. The number of carboxylic acid groups (broad SMARTS) is 1. The van der Waals surface area contributed by atoms with E-state index in [2.05, 4.69) is 10.2 Å². The lowest BCUT2D eigenvalue weighted by molar-refractivity contribution is -0.139. The molecule has 0 spiro atoms. The molecule has 0 heterocycles. The highest BCUT2D eigenvalue weighted by Crippen LogP contribution is 2.34. The second-order valence-electron chi connectivity index (χ2n) is 7.97. The Labute approximate surface area is 170 Å². The number of carbonyl (C=O) groups is 2. The summed E-state index contributed by atoms with van der Waals surface area (Å²) in [7, 11) is 0. The number of para-hydroxylation sites is 2. The molecule has 0 saturated heterocycles. The molecule has 0 radical (unpaired) electrons. The molecule has 2 aliphatic rings. The third kappa shape index (κ3) is 5.15. The van der Waals surface area contributed by atoms with Crippen LogP contribution in [0.15, 0.2) is 54.6 Å². The first-order valence-corrected chi connectivity index (χ1v) is 10.2. The highest BCUT2D eigenvalue weighted by molar-refractivity contribution is 5.97. The Morgan fingerprint density at radius 2 is 1.72 bits per heavy atom. The maximum atomic E-state index is 12.8. The monoisotopic (exact) mass is 394 g/mol. The van der Waals surface area contributed by atoms with Crippen molar-refractivity contribution in [3.63, 3.8) is 0 Å². The molecule has 2 aromatic rings. The Bertz CT molecular complexity index is 860. The Morgan fingerprint density at radius 3 is 2.41 bits per heavy atom. The average Bonchev–Trinajstić information content (AvgIpc) is 3.48. The Hall–Kier alpha value is -2.86. The number of carbonyl (C=O) groups excluding carboxylic acids is 1. The molecule has 6 nitrogen and oxygen atoms in total. The fourth-order valence-electron chi connectivity index (χ4n) is 3.77. The zero-order valence-corrected chi connectivity index (χ0v) is 16.3. The summed E-state index contributed by atoms with van der Waals surface area (Å²) < 4.78 is 5.88. The number of benzene rings is 2. The maximum absolute atomic E-state index is 12.8. The van der Waals surface area contributed by atoms with Gasteiger partial charge in [0.2, 0.25) is 0 Å². The Kier molecular flexibility index (Phi) is 5.81. The minimum atomic E-state index is -0.787. The van der Waals surface area contributed by atoms with E-state index < -0.39 is 5.97 Å². The standard InChI is InChI=1S/C23H26N2O4/c26-22(27)15-25(14-16-10-11-16)18-12-17(13-18)24-23(28)20-8-4-5-9-21(20)29-19-6-2-1-3-7-19/h1-9,16-18H,10-15H2,(H,24,28)(H,26,27). The minimum absolute atomic E-state index is 0.0628. The van der Waals surface area contributed by atoms with Gasteiger partial charge in [0.1, 0.15) is 11.5 Å². The van der Waals surface area contributed by atoms with Gasteiger partial charge in [-0.15, -0.1) is 0 Å². The van der Waals surface area contributed by atoms with E-state index in [1.807, 2.05) is 42.5 Å². The third-order valence-corrected chi connectivity index (χ3v) is 5.60. The van der Waals surface area contributed by atoms with E-state index in [0.29, 0.717) is 23.0 Å². The summed E-state index contributed by atoms with van der Waals surface area (Å²) in [6.45, 7) is 0.932. The molecule has 4 rings (SSSR count). The van der Waals surface area contributed by atoms with E-state index in [1.54, 1.807) is 12.1 Å². The van der Waals surface area contributed by atoms with Crippen LogP contribution in [0.4, 0.5) is 0 Å². The van der Waals surface area contributed by atoms with Crippen LogP contribution in [0, 0.1) is 5.92 Å². The van der Waals surface area contributed by atoms with Crippen LogP contribution in [0.1, 0.15) is 36.0 Å². The first-order valence-electron chi connectivity index (χ1n) is 10.2. The van der Waals surface area contributed by atoms with Crippen LogP contribution in [0.3, 0.4) is 0 Å². The van der Waals surface area contributed by atoms with Crippen molar-refractivity contribution in [2.75, 3.05) is 13.1 Å². The quantitative estimate of drug-likeness (QED) is 0.680. The van der Waals surface area contributed by atoms with Crippen molar-refractivity contribution >= 4 is 11.9 Å². The summed E-state index contributed by atoms with van der Waals surface area (Å²) in [5, 5.41) is 12.2. The van der Waals surface area contributed by atoms with Crippen molar-refractivity contribution in [3.05, 3.63) is 60.2 Å². The lowest BCUT2D eigenvalue weighted by Crippen LogP contribution is -2.55. The molecule has 1 amide bonds. The largest absolute Gasteiger partial charge is 0.480 e. The van der Waals surface area contributed by atoms with Crippen molar-refractivity contribution in [2.45, 2.75) is 37.8 Å².